The number of aliphatic hydroxyl groups is 1. The van der Waals surface area contributed by atoms with Crippen LogP contribution >= 0.6 is 0 Å². The highest BCUT2D eigenvalue weighted by molar-refractivity contribution is 5.96. The largest absolute Gasteiger partial charge is 0.394 e. The van der Waals surface area contributed by atoms with E-state index in [0.29, 0.717) is 17.8 Å². The molecule has 0 saturated carbocycles. The minimum absolute atomic E-state index is 0.0964. The normalized spacial score (nSPS) is 11.8. The van der Waals surface area contributed by atoms with Crippen molar-refractivity contribution in [2.45, 2.75) is 19.9 Å². The highest BCUT2D eigenvalue weighted by Gasteiger charge is 2.22. The van der Waals surface area contributed by atoms with Gasteiger partial charge in [-0.05, 0) is 26.0 Å². The molecule has 1 aromatic carbocycles. The van der Waals surface area contributed by atoms with Gasteiger partial charge in [-0.15, -0.1) is 0 Å². The molecule has 20 heavy (non-hydrogen) atoms. The van der Waals surface area contributed by atoms with Crippen LogP contribution in [0.15, 0.2) is 18.2 Å². The second-order valence-electron chi connectivity index (χ2n) is 4.46. The summed E-state index contributed by atoms with van der Waals surface area (Å²) < 4.78 is 0. The summed E-state index contributed by atoms with van der Waals surface area (Å²) in [6, 6.07) is 3.90. The van der Waals surface area contributed by atoms with E-state index in [1.807, 2.05) is 0 Å². The van der Waals surface area contributed by atoms with E-state index in [4.69, 9.17) is 5.11 Å². The van der Waals surface area contributed by atoms with Crippen LogP contribution in [0.25, 0.3) is 0 Å². The van der Waals surface area contributed by atoms with Crippen LogP contribution in [-0.4, -0.2) is 42.2 Å². The van der Waals surface area contributed by atoms with E-state index in [9.17, 15) is 14.9 Å². The molecule has 2 N–H and O–H groups in total. The molecule has 110 valence electrons. The Morgan fingerprint density at radius 1 is 1.55 bits per heavy atom. The summed E-state index contributed by atoms with van der Waals surface area (Å²) in [5.74, 6) is -0.284. The fourth-order valence-corrected chi connectivity index (χ4v) is 1.72. The van der Waals surface area contributed by atoms with Crippen molar-refractivity contribution < 1.29 is 14.8 Å². The third kappa shape index (κ3) is 3.45. The van der Waals surface area contributed by atoms with Gasteiger partial charge in [0, 0.05) is 31.3 Å². The molecule has 0 radical (unpaired) electrons. The SMILES string of the molecule is CCNC(=O)c1ccc([N+](=O)[O-])c(N(C)C(C)CO)c1. The van der Waals surface area contributed by atoms with Crippen molar-refractivity contribution in [1.29, 1.82) is 0 Å². The average molecular weight is 281 g/mol. The molecule has 0 aliphatic carbocycles. The number of anilines is 1. The van der Waals surface area contributed by atoms with Gasteiger partial charge in [0.05, 0.1) is 11.5 Å². The molecule has 1 rings (SSSR count). The average Bonchev–Trinajstić information content (AvgIpc) is 2.45. The Kier molecular flexibility index (Phi) is 5.45. The number of amides is 1. The van der Waals surface area contributed by atoms with Crippen molar-refractivity contribution in [1.82, 2.24) is 5.32 Å². The van der Waals surface area contributed by atoms with Crippen LogP contribution in [0.5, 0.6) is 0 Å². The lowest BCUT2D eigenvalue weighted by atomic mass is 10.1. The maximum absolute atomic E-state index is 11.8. The van der Waals surface area contributed by atoms with Gasteiger partial charge in [0.2, 0.25) is 0 Å². The number of nitrogens with one attached hydrogen (secondary N) is 1. The van der Waals surface area contributed by atoms with Gasteiger partial charge in [0.1, 0.15) is 5.69 Å². The van der Waals surface area contributed by atoms with E-state index in [0.717, 1.165) is 0 Å². The molecule has 0 aliphatic rings. The summed E-state index contributed by atoms with van der Waals surface area (Å²) in [4.78, 5) is 23.9. The second-order valence-corrected chi connectivity index (χ2v) is 4.46. The molecular formula is C13H19N3O4. The zero-order valence-corrected chi connectivity index (χ0v) is 11.8. The molecule has 0 saturated heterocycles. The zero-order valence-electron chi connectivity index (χ0n) is 11.8. The molecule has 1 unspecified atom stereocenters. The predicted molar refractivity (Wildman–Crippen MR) is 76.1 cm³/mol. The van der Waals surface area contributed by atoms with Gasteiger partial charge in [-0.2, -0.15) is 0 Å². The van der Waals surface area contributed by atoms with Crippen molar-refractivity contribution >= 4 is 17.3 Å². The summed E-state index contributed by atoms with van der Waals surface area (Å²) in [7, 11) is 1.64. The summed E-state index contributed by atoms with van der Waals surface area (Å²) in [6.45, 7) is 3.87. The van der Waals surface area contributed by atoms with Gasteiger partial charge >= 0.3 is 0 Å². The first-order valence-corrected chi connectivity index (χ1v) is 6.32. The highest BCUT2D eigenvalue weighted by atomic mass is 16.6. The molecule has 7 nitrogen and oxygen atoms in total. The minimum atomic E-state index is -0.503. The van der Waals surface area contributed by atoms with E-state index in [2.05, 4.69) is 5.32 Å². The Hall–Kier alpha value is -2.15. The molecule has 1 amide bonds. The molecule has 0 spiro atoms. The number of aliphatic hydroxyl groups excluding tert-OH is 1. The van der Waals surface area contributed by atoms with Crippen LogP contribution in [0.2, 0.25) is 0 Å². The molecule has 0 fully saturated rings. The number of hydrogen-bond donors (Lipinski definition) is 2. The van der Waals surface area contributed by atoms with Crippen LogP contribution < -0.4 is 10.2 Å². The van der Waals surface area contributed by atoms with Crippen molar-refractivity contribution in [3.63, 3.8) is 0 Å². The Bertz CT molecular complexity index is 504. The second kappa shape index (κ2) is 6.85. The number of nitro groups is 1. The minimum Gasteiger partial charge on any atom is -0.394 e. The van der Waals surface area contributed by atoms with E-state index < -0.39 is 4.92 Å². The third-order valence-corrected chi connectivity index (χ3v) is 3.08. The van der Waals surface area contributed by atoms with Crippen molar-refractivity contribution in [2.24, 2.45) is 0 Å². The number of nitro benzene ring substituents is 1. The first-order valence-electron chi connectivity index (χ1n) is 6.32. The Morgan fingerprint density at radius 3 is 2.70 bits per heavy atom. The first-order chi connectivity index (χ1) is 9.42. The standard InChI is InChI=1S/C13H19N3O4/c1-4-14-13(18)10-5-6-11(16(19)20)12(7-10)15(3)9(2)8-17/h5-7,9,17H,4,8H2,1-3H3,(H,14,18). The number of carbonyl (C=O) groups excluding carboxylic acids is 1. The first kappa shape index (κ1) is 15.9. The number of nitrogens with zero attached hydrogens (tertiary/aromatic N) is 2. The summed E-state index contributed by atoms with van der Waals surface area (Å²) in [6.07, 6.45) is 0. The summed E-state index contributed by atoms with van der Waals surface area (Å²) in [5, 5.41) is 22.9. The van der Waals surface area contributed by atoms with E-state index in [1.165, 1.54) is 18.2 Å². The predicted octanol–water partition coefficient (Wildman–Crippen LogP) is 1.16. The molecule has 0 heterocycles. The number of carbonyl (C=O) groups is 1. The van der Waals surface area contributed by atoms with Crippen LogP contribution in [-0.2, 0) is 0 Å². The van der Waals surface area contributed by atoms with Crippen molar-refractivity contribution in [3.8, 4) is 0 Å². The lowest BCUT2D eigenvalue weighted by Gasteiger charge is -2.25. The summed E-state index contributed by atoms with van der Waals surface area (Å²) in [5.41, 5.74) is 0.561. The van der Waals surface area contributed by atoms with E-state index >= 15 is 0 Å². The maximum Gasteiger partial charge on any atom is 0.292 e. The van der Waals surface area contributed by atoms with Crippen molar-refractivity contribution in [2.75, 3.05) is 25.1 Å². The zero-order chi connectivity index (χ0) is 15.3. The third-order valence-electron chi connectivity index (χ3n) is 3.08. The lowest BCUT2D eigenvalue weighted by Crippen LogP contribution is -2.32. The molecular weight excluding hydrogens is 262 g/mol. The summed E-state index contributed by atoms with van der Waals surface area (Å²) >= 11 is 0. The molecule has 0 aliphatic heterocycles. The number of hydrogen-bond acceptors (Lipinski definition) is 5. The van der Waals surface area contributed by atoms with Gasteiger partial charge in [-0.25, -0.2) is 0 Å². The quantitative estimate of drug-likeness (QED) is 0.602. The maximum atomic E-state index is 11.8. The van der Waals surface area contributed by atoms with Crippen LogP contribution in [0, 0.1) is 10.1 Å². The molecule has 0 bridgehead atoms. The fraction of sp³-hybridized carbons (Fsp3) is 0.462. The molecule has 1 atom stereocenters. The van der Waals surface area contributed by atoms with E-state index in [-0.39, 0.29) is 24.2 Å². The van der Waals surface area contributed by atoms with Crippen molar-refractivity contribution in [3.05, 3.63) is 33.9 Å². The van der Waals surface area contributed by atoms with Gasteiger partial charge < -0.3 is 15.3 Å². The van der Waals surface area contributed by atoms with Gasteiger partial charge in [-0.3, -0.25) is 14.9 Å². The van der Waals surface area contributed by atoms with Gasteiger partial charge in [0.25, 0.3) is 11.6 Å². The van der Waals surface area contributed by atoms with Crippen LogP contribution in [0.1, 0.15) is 24.2 Å². The number of benzene rings is 1. The van der Waals surface area contributed by atoms with Crippen LogP contribution in [0.3, 0.4) is 0 Å². The Labute approximate surface area is 117 Å². The molecule has 7 heteroatoms. The Morgan fingerprint density at radius 2 is 2.20 bits per heavy atom. The van der Waals surface area contributed by atoms with Gasteiger partial charge in [0.15, 0.2) is 0 Å². The fourth-order valence-electron chi connectivity index (χ4n) is 1.72. The van der Waals surface area contributed by atoms with Crippen LogP contribution in [0.4, 0.5) is 11.4 Å². The molecule has 0 aromatic heterocycles. The smallest absolute Gasteiger partial charge is 0.292 e. The Balaban J connectivity index is 3.25. The van der Waals surface area contributed by atoms with Gasteiger partial charge in [-0.1, -0.05) is 0 Å². The number of rotatable bonds is 6. The topological polar surface area (TPSA) is 95.7 Å². The lowest BCUT2D eigenvalue weighted by molar-refractivity contribution is -0.384. The van der Waals surface area contributed by atoms with E-state index in [1.54, 1.807) is 25.8 Å². The number of likely N-dealkylation sites (N-methyl/N-ethyl adjacent to an activating group) is 1. The highest BCUT2D eigenvalue weighted by Crippen LogP contribution is 2.29. The monoisotopic (exact) mass is 281 g/mol. The molecule has 1 aromatic rings.